The van der Waals surface area contributed by atoms with E-state index < -0.39 is 0 Å². The minimum atomic E-state index is -0.305. The molecule has 0 atom stereocenters. The topological polar surface area (TPSA) is 56.0 Å². The van der Waals surface area contributed by atoms with Crippen molar-refractivity contribution in [3.8, 4) is 11.3 Å². The molecule has 0 aliphatic heterocycles. The Bertz CT molecular complexity index is 1020. The van der Waals surface area contributed by atoms with Crippen molar-refractivity contribution in [2.45, 2.75) is 32.1 Å². The Morgan fingerprint density at radius 2 is 1.82 bits per heavy atom. The maximum Gasteiger partial charge on any atom is 0.221 e. The fraction of sp³-hybridized carbons (Fsp3) is 0.217. The highest BCUT2D eigenvalue weighted by molar-refractivity contribution is 6.30. The van der Waals surface area contributed by atoms with Crippen LogP contribution in [0.25, 0.3) is 11.3 Å². The fourth-order valence-electron chi connectivity index (χ4n) is 3.85. The van der Waals surface area contributed by atoms with Gasteiger partial charge >= 0.3 is 0 Å². The number of hydrogen-bond acceptors (Lipinski definition) is 2. The Kier molecular flexibility index (Phi) is 6.38. The molecule has 4 rings (SSSR count). The maximum absolute atomic E-state index is 11.2. The first-order valence-corrected chi connectivity index (χ1v) is 9.60. The third-order valence-electron chi connectivity index (χ3n) is 5.03. The van der Waals surface area contributed by atoms with Crippen LogP contribution in [-0.4, -0.2) is 10.9 Å². The molecule has 0 bridgehead atoms. The van der Waals surface area contributed by atoms with Crippen molar-refractivity contribution >= 4 is 29.9 Å². The third kappa shape index (κ3) is 4.54. The van der Waals surface area contributed by atoms with Gasteiger partial charge in [0.1, 0.15) is 0 Å². The van der Waals surface area contributed by atoms with Crippen molar-refractivity contribution in [2.75, 3.05) is 0 Å². The van der Waals surface area contributed by atoms with E-state index in [2.05, 4.69) is 18.2 Å². The molecule has 3 nitrogen and oxygen atoms in total. The first kappa shape index (κ1) is 20.4. The van der Waals surface area contributed by atoms with Gasteiger partial charge in [-0.2, -0.15) is 0 Å². The molecule has 2 N–H and O–H groups in total. The Morgan fingerprint density at radius 3 is 2.61 bits per heavy atom. The molecule has 1 aliphatic carbocycles. The molecule has 1 heterocycles. The largest absolute Gasteiger partial charge is 0.369 e. The number of rotatable bonds is 5. The van der Waals surface area contributed by atoms with E-state index in [0.29, 0.717) is 0 Å². The van der Waals surface area contributed by atoms with E-state index in [-0.39, 0.29) is 24.7 Å². The number of carbonyl (C=O) groups excluding carboxylic acids is 1. The minimum Gasteiger partial charge on any atom is -0.369 e. The van der Waals surface area contributed by atoms with E-state index in [1.54, 1.807) is 0 Å². The summed E-state index contributed by atoms with van der Waals surface area (Å²) in [6.45, 7) is 0. The van der Waals surface area contributed by atoms with Crippen molar-refractivity contribution in [2.24, 2.45) is 5.73 Å². The van der Waals surface area contributed by atoms with E-state index in [1.165, 1.54) is 22.4 Å². The van der Waals surface area contributed by atoms with E-state index >= 15 is 0 Å². The lowest BCUT2D eigenvalue weighted by atomic mass is 9.96. The summed E-state index contributed by atoms with van der Waals surface area (Å²) < 4.78 is 0. The number of pyridine rings is 1. The molecule has 0 fully saturated rings. The second kappa shape index (κ2) is 8.76. The lowest BCUT2D eigenvalue weighted by Gasteiger charge is -2.13. The Morgan fingerprint density at radius 1 is 1.04 bits per heavy atom. The van der Waals surface area contributed by atoms with Gasteiger partial charge < -0.3 is 5.73 Å². The maximum atomic E-state index is 11.2. The average Bonchev–Trinajstić information content (AvgIpc) is 3.10. The number of hydrogen-bond donors (Lipinski definition) is 1. The second-order valence-corrected chi connectivity index (χ2v) is 7.53. The van der Waals surface area contributed by atoms with Crippen LogP contribution in [0.4, 0.5) is 0 Å². The normalized spacial score (nSPS) is 12.3. The van der Waals surface area contributed by atoms with Crippen LogP contribution in [0.15, 0.2) is 54.6 Å². The summed E-state index contributed by atoms with van der Waals surface area (Å²) in [6, 6.07) is 18.2. The summed E-state index contributed by atoms with van der Waals surface area (Å²) >= 11 is 6.17. The molecule has 1 aromatic heterocycles. The van der Waals surface area contributed by atoms with Gasteiger partial charge in [-0.3, -0.25) is 9.78 Å². The van der Waals surface area contributed by atoms with E-state index in [9.17, 15) is 4.79 Å². The van der Waals surface area contributed by atoms with Gasteiger partial charge in [0.15, 0.2) is 0 Å². The molecule has 0 saturated heterocycles. The predicted molar refractivity (Wildman–Crippen MR) is 116 cm³/mol. The van der Waals surface area contributed by atoms with Crippen LogP contribution >= 0.6 is 24.0 Å². The van der Waals surface area contributed by atoms with Crippen LogP contribution in [0.1, 0.15) is 34.4 Å². The van der Waals surface area contributed by atoms with Gasteiger partial charge in [-0.15, -0.1) is 12.4 Å². The van der Waals surface area contributed by atoms with Crippen molar-refractivity contribution in [1.29, 1.82) is 0 Å². The van der Waals surface area contributed by atoms with Crippen molar-refractivity contribution in [1.82, 2.24) is 4.98 Å². The summed E-state index contributed by atoms with van der Waals surface area (Å²) in [5.74, 6) is -0.305. The molecule has 0 saturated carbocycles. The monoisotopic (exact) mass is 412 g/mol. The van der Waals surface area contributed by atoms with Crippen LogP contribution in [0.2, 0.25) is 5.02 Å². The van der Waals surface area contributed by atoms with E-state index in [0.717, 1.165) is 47.5 Å². The van der Waals surface area contributed by atoms with Gasteiger partial charge in [-0.05, 0) is 66.1 Å². The zero-order chi connectivity index (χ0) is 18.8. The lowest BCUT2D eigenvalue weighted by Crippen LogP contribution is -2.13. The number of aromatic nitrogens is 1. The van der Waals surface area contributed by atoms with Crippen molar-refractivity contribution in [3.63, 3.8) is 0 Å². The van der Waals surface area contributed by atoms with E-state index in [1.807, 2.05) is 36.4 Å². The van der Waals surface area contributed by atoms with Crippen LogP contribution < -0.4 is 5.73 Å². The standard InChI is InChI=1S/C23H21ClN2O.ClH/c24-19-7-2-6-17(13-19)22-14-18(20-8-3-9-21(20)26-22)11-15-4-1-5-16(10-15)12-23(25)27;/h1-2,4-7,10,13-14H,3,8-9,11-12H2,(H2,25,27);1H. The third-order valence-corrected chi connectivity index (χ3v) is 5.26. The Balaban J connectivity index is 0.00000225. The number of fused-ring (bicyclic) bond motifs is 1. The van der Waals surface area contributed by atoms with Crippen LogP contribution in [0.5, 0.6) is 0 Å². The first-order valence-electron chi connectivity index (χ1n) is 9.22. The van der Waals surface area contributed by atoms with Gasteiger partial charge in [0.2, 0.25) is 5.91 Å². The number of nitrogens with two attached hydrogens (primary N) is 1. The molecule has 0 radical (unpaired) electrons. The molecule has 3 aromatic rings. The van der Waals surface area contributed by atoms with E-state index in [4.69, 9.17) is 22.3 Å². The molecule has 2 aromatic carbocycles. The highest BCUT2D eigenvalue weighted by Gasteiger charge is 2.19. The van der Waals surface area contributed by atoms with Crippen LogP contribution in [0, 0.1) is 0 Å². The van der Waals surface area contributed by atoms with Crippen LogP contribution in [0.3, 0.4) is 0 Å². The van der Waals surface area contributed by atoms with Gasteiger partial charge in [-0.1, -0.05) is 48.0 Å². The first-order chi connectivity index (χ1) is 13.1. The number of primary amides is 1. The zero-order valence-electron chi connectivity index (χ0n) is 15.5. The number of benzene rings is 2. The zero-order valence-corrected chi connectivity index (χ0v) is 17.0. The molecule has 5 heteroatoms. The van der Waals surface area contributed by atoms with Crippen LogP contribution in [-0.2, 0) is 30.5 Å². The van der Waals surface area contributed by atoms with Gasteiger partial charge in [0.05, 0.1) is 12.1 Å². The molecule has 1 amide bonds. The molecular formula is C23H22Cl2N2O. The molecule has 0 unspecified atom stereocenters. The molecular weight excluding hydrogens is 391 g/mol. The number of aryl methyl sites for hydroxylation is 1. The number of nitrogens with zero attached hydrogens (tertiary/aromatic N) is 1. The lowest BCUT2D eigenvalue weighted by molar-refractivity contribution is -0.117. The van der Waals surface area contributed by atoms with Gasteiger partial charge in [0, 0.05) is 16.3 Å². The SMILES string of the molecule is Cl.NC(=O)Cc1cccc(Cc2cc(-c3cccc(Cl)c3)nc3c2CCC3)c1. The summed E-state index contributed by atoms with van der Waals surface area (Å²) in [5, 5.41) is 0.718. The number of amides is 1. The highest BCUT2D eigenvalue weighted by atomic mass is 35.5. The number of halogens is 2. The summed E-state index contributed by atoms with van der Waals surface area (Å²) in [5.41, 5.74) is 13.4. The quantitative estimate of drug-likeness (QED) is 0.645. The average molecular weight is 413 g/mol. The van der Waals surface area contributed by atoms with Gasteiger partial charge in [0.25, 0.3) is 0 Å². The second-order valence-electron chi connectivity index (χ2n) is 7.10. The molecule has 144 valence electrons. The fourth-order valence-corrected chi connectivity index (χ4v) is 4.04. The van der Waals surface area contributed by atoms with Crippen molar-refractivity contribution < 1.29 is 4.79 Å². The minimum absolute atomic E-state index is 0. The molecule has 0 spiro atoms. The highest BCUT2D eigenvalue weighted by Crippen LogP contribution is 2.31. The summed E-state index contributed by atoms with van der Waals surface area (Å²) in [4.78, 5) is 16.1. The van der Waals surface area contributed by atoms with Crippen molar-refractivity contribution in [3.05, 3.63) is 87.6 Å². The molecule has 28 heavy (non-hydrogen) atoms. The smallest absolute Gasteiger partial charge is 0.221 e. The number of carbonyl (C=O) groups is 1. The molecule has 1 aliphatic rings. The Hall–Kier alpha value is -2.36. The summed E-state index contributed by atoms with van der Waals surface area (Å²) in [7, 11) is 0. The Labute approximate surface area is 176 Å². The predicted octanol–water partition coefficient (Wildman–Crippen LogP) is 4.93. The summed E-state index contributed by atoms with van der Waals surface area (Å²) in [6.07, 6.45) is 4.35. The van der Waals surface area contributed by atoms with Gasteiger partial charge in [-0.25, -0.2) is 0 Å².